The first-order valence-corrected chi connectivity index (χ1v) is 8.11. The third-order valence-electron chi connectivity index (χ3n) is 4.48. The summed E-state index contributed by atoms with van der Waals surface area (Å²) < 4.78 is 8.06. The lowest BCUT2D eigenvalue weighted by Gasteiger charge is -2.27. The number of aromatic nitrogens is 3. The molecule has 1 aromatic heterocycles. The lowest BCUT2D eigenvalue weighted by molar-refractivity contribution is 0.173. The standard InChI is InChI=1S/C17H19N5O/c18-11-14-3-1-2-4-15(14)23-10-9-21-7-8-22-16(12-21)19-20-17(22)13-5-6-13/h1-4,13H,5-10,12H2. The van der Waals surface area contributed by atoms with Gasteiger partial charge in [-0.05, 0) is 25.0 Å². The van der Waals surface area contributed by atoms with E-state index in [1.807, 2.05) is 18.2 Å². The lowest BCUT2D eigenvalue weighted by atomic mass is 10.2. The van der Waals surface area contributed by atoms with Crippen molar-refractivity contribution in [3.05, 3.63) is 41.5 Å². The van der Waals surface area contributed by atoms with Gasteiger partial charge in [0.2, 0.25) is 0 Å². The fourth-order valence-corrected chi connectivity index (χ4v) is 3.03. The van der Waals surface area contributed by atoms with Crippen LogP contribution in [0.15, 0.2) is 24.3 Å². The zero-order chi connectivity index (χ0) is 15.6. The van der Waals surface area contributed by atoms with Crippen molar-refractivity contribution in [1.82, 2.24) is 19.7 Å². The summed E-state index contributed by atoms with van der Waals surface area (Å²) in [6.45, 7) is 4.17. The smallest absolute Gasteiger partial charge is 0.147 e. The van der Waals surface area contributed by atoms with Crippen LogP contribution in [-0.2, 0) is 13.1 Å². The maximum absolute atomic E-state index is 9.07. The van der Waals surface area contributed by atoms with Crippen LogP contribution in [0.4, 0.5) is 0 Å². The van der Waals surface area contributed by atoms with E-state index in [9.17, 15) is 0 Å². The van der Waals surface area contributed by atoms with Gasteiger partial charge in [-0.2, -0.15) is 5.26 Å². The summed E-state index contributed by atoms with van der Waals surface area (Å²) in [6.07, 6.45) is 2.52. The normalized spacial score (nSPS) is 17.5. The molecule has 1 aliphatic heterocycles. The van der Waals surface area contributed by atoms with Crippen molar-refractivity contribution in [2.45, 2.75) is 31.8 Å². The van der Waals surface area contributed by atoms with E-state index >= 15 is 0 Å². The van der Waals surface area contributed by atoms with Crippen LogP contribution in [0.2, 0.25) is 0 Å². The average Bonchev–Trinajstić information content (AvgIpc) is 3.35. The summed E-state index contributed by atoms with van der Waals surface area (Å²) in [6, 6.07) is 9.51. The minimum Gasteiger partial charge on any atom is -0.491 e. The molecule has 0 spiro atoms. The van der Waals surface area contributed by atoms with E-state index in [0.717, 1.165) is 32.0 Å². The third kappa shape index (κ3) is 2.92. The van der Waals surface area contributed by atoms with Crippen molar-refractivity contribution in [3.8, 4) is 11.8 Å². The Labute approximate surface area is 135 Å². The molecule has 0 atom stereocenters. The third-order valence-corrected chi connectivity index (χ3v) is 4.48. The molecule has 0 saturated heterocycles. The maximum Gasteiger partial charge on any atom is 0.147 e. The first-order valence-electron chi connectivity index (χ1n) is 8.11. The minimum absolute atomic E-state index is 0.572. The number of hydrogen-bond donors (Lipinski definition) is 0. The number of rotatable bonds is 5. The molecule has 1 aromatic carbocycles. The van der Waals surface area contributed by atoms with E-state index in [2.05, 4.69) is 25.7 Å². The molecular weight excluding hydrogens is 290 g/mol. The summed E-state index contributed by atoms with van der Waals surface area (Å²) in [4.78, 5) is 2.33. The first-order chi connectivity index (χ1) is 11.3. The molecule has 6 nitrogen and oxygen atoms in total. The van der Waals surface area contributed by atoms with Crippen molar-refractivity contribution >= 4 is 0 Å². The number of benzene rings is 1. The van der Waals surface area contributed by atoms with E-state index in [-0.39, 0.29) is 0 Å². The van der Waals surface area contributed by atoms with E-state index in [1.54, 1.807) is 6.07 Å². The number of para-hydroxylation sites is 1. The van der Waals surface area contributed by atoms with Gasteiger partial charge < -0.3 is 9.30 Å². The minimum atomic E-state index is 0.572. The summed E-state index contributed by atoms with van der Waals surface area (Å²) in [5.74, 6) is 3.55. The fraction of sp³-hybridized carbons (Fsp3) is 0.471. The van der Waals surface area contributed by atoms with E-state index in [1.165, 1.54) is 18.7 Å². The molecule has 1 saturated carbocycles. The Morgan fingerprint density at radius 1 is 1.22 bits per heavy atom. The SMILES string of the molecule is N#Cc1ccccc1OCCN1CCn2c(nnc2C2CC2)C1. The van der Waals surface area contributed by atoms with Crippen molar-refractivity contribution in [2.24, 2.45) is 0 Å². The van der Waals surface area contributed by atoms with Crippen LogP contribution in [0, 0.1) is 11.3 Å². The number of ether oxygens (including phenoxy) is 1. The molecular formula is C17H19N5O. The van der Waals surface area contributed by atoms with Gasteiger partial charge in [0, 0.05) is 25.6 Å². The monoisotopic (exact) mass is 309 g/mol. The molecule has 0 N–H and O–H groups in total. The Hall–Kier alpha value is -2.39. The van der Waals surface area contributed by atoms with Crippen LogP contribution in [0.5, 0.6) is 5.75 Å². The van der Waals surface area contributed by atoms with Crippen molar-refractivity contribution in [3.63, 3.8) is 0 Å². The van der Waals surface area contributed by atoms with Crippen molar-refractivity contribution in [2.75, 3.05) is 19.7 Å². The van der Waals surface area contributed by atoms with Gasteiger partial charge in [-0.15, -0.1) is 10.2 Å². The van der Waals surface area contributed by atoms with Gasteiger partial charge >= 0.3 is 0 Å². The first kappa shape index (κ1) is 14.2. The number of nitrogens with zero attached hydrogens (tertiary/aromatic N) is 5. The van der Waals surface area contributed by atoms with Gasteiger partial charge in [-0.3, -0.25) is 4.90 Å². The molecule has 0 amide bonds. The number of hydrogen-bond acceptors (Lipinski definition) is 5. The van der Waals surface area contributed by atoms with Gasteiger partial charge in [0.15, 0.2) is 0 Å². The summed E-state index contributed by atoms with van der Waals surface area (Å²) in [7, 11) is 0. The largest absolute Gasteiger partial charge is 0.491 e. The van der Waals surface area contributed by atoms with E-state index < -0.39 is 0 Å². The Morgan fingerprint density at radius 3 is 2.91 bits per heavy atom. The maximum atomic E-state index is 9.07. The van der Waals surface area contributed by atoms with Crippen LogP contribution >= 0.6 is 0 Å². The molecule has 4 rings (SSSR count). The molecule has 6 heteroatoms. The molecule has 2 aromatic rings. The Morgan fingerprint density at radius 2 is 2.09 bits per heavy atom. The highest BCUT2D eigenvalue weighted by molar-refractivity contribution is 5.42. The topological polar surface area (TPSA) is 67.0 Å². The number of nitriles is 1. The second-order valence-electron chi connectivity index (χ2n) is 6.13. The predicted octanol–water partition coefficient (Wildman–Crippen LogP) is 1.92. The zero-order valence-electron chi connectivity index (χ0n) is 13.0. The highest BCUT2D eigenvalue weighted by atomic mass is 16.5. The number of fused-ring (bicyclic) bond motifs is 1. The second-order valence-corrected chi connectivity index (χ2v) is 6.13. The predicted molar refractivity (Wildman–Crippen MR) is 83.9 cm³/mol. The van der Waals surface area contributed by atoms with Gasteiger partial charge in [0.1, 0.15) is 30.1 Å². The Balaban J connectivity index is 1.33. The van der Waals surface area contributed by atoms with Gasteiger partial charge in [-0.1, -0.05) is 12.1 Å². The van der Waals surface area contributed by atoms with E-state index in [4.69, 9.17) is 10.00 Å². The van der Waals surface area contributed by atoms with Crippen molar-refractivity contribution in [1.29, 1.82) is 5.26 Å². The Kier molecular flexibility index (Phi) is 3.72. The highest BCUT2D eigenvalue weighted by Gasteiger charge is 2.31. The van der Waals surface area contributed by atoms with Crippen LogP contribution < -0.4 is 4.74 Å². The average molecular weight is 309 g/mol. The second kappa shape index (κ2) is 6.01. The summed E-state index contributed by atoms with van der Waals surface area (Å²) in [5, 5.41) is 17.8. The van der Waals surface area contributed by atoms with Gasteiger partial charge in [0.25, 0.3) is 0 Å². The highest BCUT2D eigenvalue weighted by Crippen LogP contribution is 2.39. The molecule has 118 valence electrons. The fourth-order valence-electron chi connectivity index (χ4n) is 3.03. The van der Waals surface area contributed by atoms with Crippen molar-refractivity contribution < 1.29 is 4.74 Å². The molecule has 0 unspecified atom stereocenters. The molecule has 23 heavy (non-hydrogen) atoms. The summed E-state index contributed by atoms with van der Waals surface area (Å²) >= 11 is 0. The molecule has 0 bridgehead atoms. The lowest BCUT2D eigenvalue weighted by Crippen LogP contribution is -2.36. The van der Waals surface area contributed by atoms with Crippen LogP contribution in [0.3, 0.4) is 0 Å². The Bertz CT molecular complexity index is 744. The van der Waals surface area contributed by atoms with E-state index in [0.29, 0.717) is 23.8 Å². The quantitative estimate of drug-likeness (QED) is 0.844. The molecule has 2 aliphatic rings. The van der Waals surface area contributed by atoms with Crippen LogP contribution in [0.1, 0.15) is 36.0 Å². The van der Waals surface area contributed by atoms with Crippen LogP contribution in [-0.4, -0.2) is 39.4 Å². The molecule has 2 heterocycles. The van der Waals surface area contributed by atoms with Gasteiger partial charge in [0.05, 0.1) is 12.1 Å². The molecule has 0 radical (unpaired) electrons. The summed E-state index contributed by atoms with van der Waals surface area (Å²) in [5.41, 5.74) is 0.583. The van der Waals surface area contributed by atoms with Crippen LogP contribution in [0.25, 0.3) is 0 Å². The zero-order valence-corrected chi connectivity index (χ0v) is 13.0. The van der Waals surface area contributed by atoms with Gasteiger partial charge in [-0.25, -0.2) is 0 Å². The molecule has 1 aliphatic carbocycles. The molecule has 1 fully saturated rings.